The van der Waals surface area contributed by atoms with Gasteiger partial charge in [0.2, 0.25) is 0 Å². The van der Waals surface area contributed by atoms with Crippen LogP contribution in [0.5, 0.6) is 0 Å². The summed E-state index contributed by atoms with van der Waals surface area (Å²) in [5.41, 5.74) is -2.03. The predicted octanol–water partition coefficient (Wildman–Crippen LogP) is 3.76. The molecule has 3 heterocycles. The Morgan fingerprint density at radius 2 is 1.74 bits per heavy atom. The number of amides is 1. The number of aromatic carboxylic acids is 1. The Bertz CT molecular complexity index is 1360. The summed E-state index contributed by atoms with van der Waals surface area (Å²) < 4.78 is 43.7. The number of benzene rings is 1. The molecule has 1 aliphatic carbocycles. The number of fused-ring (bicyclic) bond motifs is 1. The molecule has 2 fully saturated rings. The van der Waals surface area contributed by atoms with Gasteiger partial charge in [-0.1, -0.05) is 19.3 Å². The molecule has 3 aromatic rings. The number of hydrogen-bond donors (Lipinski definition) is 2. The van der Waals surface area contributed by atoms with Gasteiger partial charge in [-0.25, -0.2) is 23.1 Å². The zero-order valence-electron chi connectivity index (χ0n) is 18.7. The number of alkyl halides is 1. The number of halogens is 3. The fourth-order valence-corrected chi connectivity index (χ4v) is 5.05. The van der Waals surface area contributed by atoms with Crippen molar-refractivity contribution < 1.29 is 27.9 Å². The normalized spacial score (nSPS) is 17.1. The average Bonchev–Trinajstić information content (AvgIpc) is 3.19. The van der Waals surface area contributed by atoms with Gasteiger partial charge < -0.3 is 10.0 Å². The number of H-pyrrole nitrogens is 1. The molecule has 0 radical (unpaired) electrons. The number of aromatic amines is 1. The second-order valence-electron chi connectivity index (χ2n) is 9.22. The van der Waals surface area contributed by atoms with E-state index in [4.69, 9.17) is 0 Å². The summed E-state index contributed by atoms with van der Waals surface area (Å²) in [6, 6.07) is 3.23. The Morgan fingerprint density at radius 3 is 2.34 bits per heavy atom. The number of nitrogens with one attached hydrogen (secondary N) is 1. The minimum absolute atomic E-state index is 0.00271. The molecule has 1 saturated carbocycles. The fourth-order valence-electron chi connectivity index (χ4n) is 5.05. The first-order chi connectivity index (χ1) is 16.8. The molecule has 2 aliphatic rings. The molecule has 0 bridgehead atoms. The van der Waals surface area contributed by atoms with Crippen molar-refractivity contribution in [3.63, 3.8) is 0 Å². The van der Waals surface area contributed by atoms with E-state index in [2.05, 4.69) is 10.1 Å². The number of carboxylic acids is 1. The monoisotopic (exact) mass is 488 g/mol. The molecule has 11 heteroatoms. The van der Waals surface area contributed by atoms with Crippen molar-refractivity contribution in [3.8, 4) is 11.3 Å². The third kappa shape index (κ3) is 3.98. The van der Waals surface area contributed by atoms with E-state index in [9.17, 15) is 23.9 Å². The number of rotatable bonds is 5. The first-order valence-electron chi connectivity index (χ1n) is 11.5. The quantitative estimate of drug-likeness (QED) is 0.569. The van der Waals surface area contributed by atoms with Gasteiger partial charge in [0, 0.05) is 36.2 Å². The van der Waals surface area contributed by atoms with E-state index in [-0.39, 0.29) is 53.0 Å². The third-order valence-electron chi connectivity index (χ3n) is 6.89. The molecule has 2 aromatic heterocycles. The number of carbonyl (C=O) groups excluding carboxylic acids is 1. The lowest BCUT2D eigenvalue weighted by Gasteiger charge is -2.37. The molecule has 0 unspecified atom stereocenters. The first-order valence-corrected chi connectivity index (χ1v) is 11.5. The third-order valence-corrected chi connectivity index (χ3v) is 6.89. The van der Waals surface area contributed by atoms with E-state index in [0.717, 1.165) is 42.0 Å². The summed E-state index contributed by atoms with van der Waals surface area (Å²) in [7, 11) is 0. The summed E-state index contributed by atoms with van der Waals surface area (Å²) in [5, 5.41) is 12.0. The smallest absolute Gasteiger partial charge is 0.354 e. The molecule has 2 N–H and O–H groups in total. The summed E-state index contributed by atoms with van der Waals surface area (Å²) >= 11 is 0. The van der Waals surface area contributed by atoms with Crippen LogP contribution in [0.1, 0.15) is 64.4 Å². The first kappa shape index (κ1) is 23.1. The molecular weight excluding hydrogens is 465 g/mol. The van der Waals surface area contributed by atoms with Gasteiger partial charge in [0.1, 0.15) is 17.2 Å². The number of likely N-dealkylation sites (tertiary alicyclic amines) is 1. The highest BCUT2D eigenvalue weighted by atomic mass is 19.1. The Hall–Kier alpha value is -3.63. The highest BCUT2D eigenvalue weighted by molar-refractivity contribution is 6.08. The minimum Gasteiger partial charge on any atom is -0.477 e. The van der Waals surface area contributed by atoms with Crippen molar-refractivity contribution in [1.82, 2.24) is 19.5 Å². The number of hydrogen-bond acceptors (Lipinski definition) is 4. The Labute approximate surface area is 197 Å². The van der Waals surface area contributed by atoms with Crippen molar-refractivity contribution in [3.05, 3.63) is 57.0 Å². The van der Waals surface area contributed by atoms with Gasteiger partial charge in [-0.3, -0.25) is 19.1 Å². The van der Waals surface area contributed by atoms with E-state index in [1.165, 1.54) is 4.90 Å². The van der Waals surface area contributed by atoms with Crippen molar-refractivity contribution >= 4 is 17.5 Å². The van der Waals surface area contributed by atoms with E-state index in [1.54, 1.807) is 0 Å². The molecule has 184 valence electrons. The van der Waals surface area contributed by atoms with Crippen molar-refractivity contribution in [2.24, 2.45) is 5.92 Å². The van der Waals surface area contributed by atoms with Gasteiger partial charge in [0.15, 0.2) is 11.3 Å². The van der Waals surface area contributed by atoms with E-state index in [0.29, 0.717) is 12.8 Å². The molecule has 8 nitrogen and oxygen atoms in total. The van der Waals surface area contributed by atoms with Crippen LogP contribution in [0.4, 0.5) is 13.2 Å². The molecule has 1 aliphatic heterocycles. The predicted molar refractivity (Wildman–Crippen MR) is 119 cm³/mol. The maximum atomic E-state index is 15.0. The van der Waals surface area contributed by atoms with Crippen LogP contribution in [0.2, 0.25) is 0 Å². The van der Waals surface area contributed by atoms with Crippen LogP contribution in [0.15, 0.2) is 23.0 Å². The average molecular weight is 488 g/mol. The highest BCUT2D eigenvalue weighted by Gasteiger charge is 2.36. The van der Waals surface area contributed by atoms with E-state index >= 15 is 8.78 Å². The van der Waals surface area contributed by atoms with Gasteiger partial charge in [-0.05, 0) is 30.9 Å². The summed E-state index contributed by atoms with van der Waals surface area (Å²) in [6.07, 6.45) is 4.24. The van der Waals surface area contributed by atoms with Crippen LogP contribution < -0.4 is 5.56 Å². The Kier molecular flexibility index (Phi) is 5.86. The topological polar surface area (TPSA) is 108 Å². The van der Waals surface area contributed by atoms with E-state index < -0.39 is 41.4 Å². The van der Waals surface area contributed by atoms with Crippen LogP contribution in [0, 0.1) is 17.6 Å². The van der Waals surface area contributed by atoms with Gasteiger partial charge >= 0.3 is 5.97 Å². The number of carbonyl (C=O) groups is 2. The number of aromatic nitrogens is 3. The highest BCUT2D eigenvalue weighted by Crippen LogP contribution is 2.37. The van der Waals surface area contributed by atoms with Crippen molar-refractivity contribution in [1.29, 1.82) is 0 Å². The molecule has 1 amide bonds. The maximum absolute atomic E-state index is 15.0. The largest absolute Gasteiger partial charge is 0.477 e. The SMILES string of the molecule is O=C(O)c1[nH]n2c(=O)cc(-c3cc(F)c(C4CCCCC4)c(F)c3)nc2c1C(=O)N1CC(CF)C1. The lowest BCUT2D eigenvalue weighted by molar-refractivity contribution is 0.0447. The van der Waals surface area contributed by atoms with Crippen LogP contribution in [-0.2, 0) is 0 Å². The Balaban J connectivity index is 1.60. The van der Waals surface area contributed by atoms with Crippen molar-refractivity contribution in [2.75, 3.05) is 19.8 Å². The molecule has 0 atom stereocenters. The Morgan fingerprint density at radius 1 is 1.09 bits per heavy atom. The zero-order valence-corrected chi connectivity index (χ0v) is 18.7. The van der Waals surface area contributed by atoms with Gasteiger partial charge in [-0.2, -0.15) is 0 Å². The zero-order chi connectivity index (χ0) is 24.9. The lowest BCUT2D eigenvalue weighted by atomic mass is 9.83. The molecule has 35 heavy (non-hydrogen) atoms. The lowest BCUT2D eigenvalue weighted by Crippen LogP contribution is -2.51. The van der Waals surface area contributed by atoms with Gasteiger partial charge in [-0.15, -0.1) is 0 Å². The van der Waals surface area contributed by atoms with Gasteiger partial charge in [0.25, 0.3) is 11.5 Å². The van der Waals surface area contributed by atoms with Crippen LogP contribution >= 0.6 is 0 Å². The molecular formula is C24H23F3N4O4. The van der Waals surface area contributed by atoms with Crippen LogP contribution in [-0.4, -0.2) is 56.2 Å². The minimum atomic E-state index is -1.49. The standard InChI is InChI=1S/C24H23F3N4O4/c25-9-12-10-30(11-12)23(33)20-21(24(34)35)29-31-18(32)8-17(28-22(20)31)14-6-15(26)19(16(27)7-14)13-4-2-1-3-5-13/h6-8,12-13,29H,1-5,9-11H2,(H,34,35). The molecule has 1 saturated heterocycles. The second kappa shape index (κ2) is 8.86. The van der Waals surface area contributed by atoms with Crippen LogP contribution in [0.3, 0.4) is 0 Å². The maximum Gasteiger partial charge on any atom is 0.354 e. The summed E-state index contributed by atoms with van der Waals surface area (Å²) in [6.45, 7) is -0.400. The molecule has 5 rings (SSSR count). The van der Waals surface area contributed by atoms with E-state index in [1.807, 2.05) is 0 Å². The summed E-state index contributed by atoms with van der Waals surface area (Å²) in [5.74, 6) is -4.23. The fraction of sp³-hybridized carbons (Fsp3) is 0.417. The number of nitrogens with zero attached hydrogens (tertiary/aromatic N) is 3. The van der Waals surface area contributed by atoms with Crippen molar-refractivity contribution in [2.45, 2.75) is 38.0 Å². The number of carboxylic acid groups (broad SMARTS) is 1. The van der Waals surface area contributed by atoms with Gasteiger partial charge in [0.05, 0.1) is 12.4 Å². The molecule has 0 spiro atoms. The van der Waals surface area contributed by atoms with Crippen LogP contribution in [0.25, 0.3) is 16.9 Å². The second-order valence-corrected chi connectivity index (χ2v) is 9.22. The molecule has 1 aromatic carbocycles. The summed E-state index contributed by atoms with van der Waals surface area (Å²) in [4.78, 5) is 43.1.